The molecule has 0 radical (unpaired) electrons. The van der Waals surface area contributed by atoms with Gasteiger partial charge >= 0.3 is 0 Å². The summed E-state index contributed by atoms with van der Waals surface area (Å²) in [5, 5.41) is 0. The molecule has 4 nitrogen and oxygen atoms in total. The number of pyridine rings is 1. The van der Waals surface area contributed by atoms with Gasteiger partial charge in [-0.3, -0.25) is 4.98 Å². The van der Waals surface area contributed by atoms with Crippen LogP contribution in [0.2, 0.25) is 0 Å². The molecule has 0 fully saturated rings. The molecule has 1 aliphatic rings. The van der Waals surface area contributed by atoms with Gasteiger partial charge in [0.2, 0.25) is 0 Å². The summed E-state index contributed by atoms with van der Waals surface area (Å²) in [6, 6.07) is 2.98. The Bertz CT molecular complexity index is 383. The van der Waals surface area contributed by atoms with Crippen LogP contribution in [-0.2, 0) is 11.3 Å². The average molecular weight is 223 g/mol. The maximum absolute atomic E-state index is 13.4. The topological polar surface area (TPSA) is 51.4 Å². The minimum atomic E-state index is -0.297. The molecule has 2 heterocycles. The first-order chi connectivity index (χ1) is 7.81. The Hall–Kier alpha value is -1.62. The van der Waals surface area contributed by atoms with Crippen molar-refractivity contribution in [2.45, 2.75) is 19.2 Å². The molecule has 0 amide bonds. The predicted molar refractivity (Wildman–Crippen MR) is 57.4 cm³/mol. The fourth-order valence-electron chi connectivity index (χ4n) is 1.62. The van der Waals surface area contributed by atoms with Gasteiger partial charge in [-0.15, -0.1) is 0 Å². The van der Waals surface area contributed by atoms with Gasteiger partial charge in [-0.05, 0) is 18.7 Å². The van der Waals surface area contributed by atoms with Crippen LogP contribution in [0.3, 0.4) is 0 Å². The molecule has 1 aromatic heterocycles. The largest absolute Gasteiger partial charge is 0.477 e. The number of nitrogens with zero attached hydrogens (tertiary/aromatic N) is 2. The smallest absolute Gasteiger partial charge is 0.172 e. The molecular weight excluding hydrogens is 209 g/mol. The van der Waals surface area contributed by atoms with Crippen molar-refractivity contribution in [1.82, 2.24) is 9.88 Å². The lowest BCUT2D eigenvalue weighted by Crippen LogP contribution is -2.30. The van der Waals surface area contributed by atoms with E-state index in [1.165, 1.54) is 6.07 Å². The lowest BCUT2D eigenvalue weighted by Gasteiger charge is -2.23. The van der Waals surface area contributed by atoms with E-state index in [2.05, 4.69) is 4.98 Å². The summed E-state index contributed by atoms with van der Waals surface area (Å²) in [4.78, 5) is 5.89. The van der Waals surface area contributed by atoms with Crippen LogP contribution < -0.4 is 5.73 Å². The molecule has 1 atom stereocenters. The number of nitrogens with two attached hydrogens (primary N) is 1. The van der Waals surface area contributed by atoms with Crippen molar-refractivity contribution in [3.05, 3.63) is 42.3 Å². The molecular formula is C11H14FN3O. The van der Waals surface area contributed by atoms with E-state index in [0.717, 1.165) is 0 Å². The second-order valence-corrected chi connectivity index (χ2v) is 3.56. The third-order valence-electron chi connectivity index (χ3n) is 2.44. The van der Waals surface area contributed by atoms with E-state index >= 15 is 0 Å². The predicted octanol–water partition coefficient (Wildman–Crippen LogP) is 1.20. The minimum absolute atomic E-state index is 0.105. The molecule has 0 aliphatic carbocycles. The molecule has 2 rings (SSSR count). The highest BCUT2D eigenvalue weighted by molar-refractivity contribution is 5.08. The van der Waals surface area contributed by atoms with E-state index in [1.54, 1.807) is 24.7 Å². The van der Waals surface area contributed by atoms with Crippen LogP contribution in [0.5, 0.6) is 0 Å². The summed E-state index contributed by atoms with van der Waals surface area (Å²) in [5.41, 5.74) is 5.89. The lowest BCUT2D eigenvalue weighted by atomic mass is 10.3. The molecule has 86 valence electrons. The summed E-state index contributed by atoms with van der Waals surface area (Å²) in [7, 11) is 0. The van der Waals surface area contributed by atoms with E-state index in [9.17, 15) is 4.39 Å². The Morgan fingerprint density at radius 3 is 3.19 bits per heavy atom. The minimum Gasteiger partial charge on any atom is -0.477 e. The molecule has 1 aliphatic heterocycles. The fraction of sp³-hybridized carbons (Fsp3) is 0.364. The summed E-state index contributed by atoms with van der Waals surface area (Å²) in [6.07, 6.45) is 5.57. The van der Waals surface area contributed by atoms with Crippen molar-refractivity contribution < 1.29 is 9.13 Å². The number of aromatic nitrogens is 1. The highest BCUT2D eigenvalue weighted by atomic mass is 19.1. The van der Waals surface area contributed by atoms with Crippen molar-refractivity contribution in [3.63, 3.8) is 0 Å². The molecule has 0 aromatic carbocycles. The third-order valence-corrected chi connectivity index (χ3v) is 2.44. The van der Waals surface area contributed by atoms with Crippen LogP contribution in [0.4, 0.5) is 4.39 Å². The molecule has 1 aromatic rings. The van der Waals surface area contributed by atoms with Gasteiger partial charge in [0.1, 0.15) is 12.1 Å². The lowest BCUT2D eigenvalue weighted by molar-refractivity contribution is 0.0467. The molecule has 0 bridgehead atoms. The van der Waals surface area contributed by atoms with Crippen LogP contribution in [0.25, 0.3) is 0 Å². The standard InChI is InChI=1S/C11H14FN3O/c12-9-2-1-5-14-10(9)8-15-6-7-16-11(15)3-4-13/h1-2,5-7,11H,3-4,8,13H2. The molecule has 2 N–H and O–H groups in total. The van der Waals surface area contributed by atoms with Crippen molar-refractivity contribution in [3.8, 4) is 0 Å². The Morgan fingerprint density at radius 1 is 1.56 bits per heavy atom. The highest BCUT2D eigenvalue weighted by Crippen LogP contribution is 2.17. The fourth-order valence-corrected chi connectivity index (χ4v) is 1.62. The SMILES string of the molecule is NCCC1OC=CN1Cc1ncccc1F. The second kappa shape index (κ2) is 4.94. The van der Waals surface area contributed by atoms with Gasteiger partial charge in [0, 0.05) is 18.8 Å². The highest BCUT2D eigenvalue weighted by Gasteiger charge is 2.21. The zero-order chi connectivity index (χ0) is 11.4. The van der Waals surface area contributed by atoms with E-state index in [1.807, 2.05) is 4.90 Å². The maximum Gasteiger partial charge on any atom is 0.172 e. The van der Waals surface area contributed by atoms with Crippen LogP contribution in [-0.4, -0.2) is 22.7 Å². The zero-order valence-electron chi connectivity index (χ0n) is 8.84. The summed E-state index contributed by atoms with van der Waals surface area (Å²) in [5.74, 6) is -0.297. The van der Waals surface area contributed by atoms with Crippen molar-refractivity contribution >= 4 is 0 Å². The normalized spacial score (nSPS) is 18.9. The molecule has 16 heavy (non-hydrogen) atoms. The van der Waals surface area contributed by atoms with E-state index in [-0.39, 0.29) is 12.0 Å². The average Bonchev–Trinajstić information content (AvgIpc) is 2.70. The summed E-state index contributed by atoms with van der Waals surface area (Å²) >= 11 is 0. The Morgan fingerprint density at radius 2 is 2.44 bits per heavy atom. The second-order valence-electron chi connectivity index (χ2n) is 3.56. The molecule has 0 saturated carbocycles. The van der Waals surface area contributed by atoms with Crippen LogP contribution >= 0.6 is 0 Å². The van der Waals surface area contributed by atoms with Crippen molar-refractivity contribution in [2.24, 2.45) is 5.73 Å². The van der Waals surface area contributed by atoms with Gasteiger partial charge in [-0.2, -0.15) is 0 Å². The quantitative estimate of drug-likeness (QED) is 0.833. The van der Waals surface area contributed by atoms with Crippen LogP contribution in [0, 0.1) is 5.82 Å². The van der Waals surface area contributed by atoms with E-state index in [0.29, 0.717) is 25.2 Å². The van der Waals surface area contributed by atoms with Crippen molar-refractivity contribution in [2.75, 3.05) is 6.54 Å². The molecule has 1 unspecified atom stereocenters. The van der Waals surface area contributed by atoms with Gasteiger partial charge in [0.25, 0.3) is 0 Å². The van der Waals surface area contributed by atoms with Gasteiger partial charge < -0.3 is 15.4 Å². The number of ether oxygens (including phenoxy) is 1. The van der Waals surface area contributed by atoms with Crippen LogP contribution in [0.1, 0.15) is 12.1 Å². The van der Waals surface area contributed by atoms with Gasteiger partial charge in [0.05, 0.1) is 12.2 Å². The Balaban J connectivity index is 2.04. The number of halogens is 1. The third kappa shape index (κ3) is 2.30. The Labute approximate surface area is 93.5 Å². The molecule has 5 heteroatoms. The number of hydrogen-bond acceptors (Lipinski definition) is 4. The van der Waals surface area contributed by atoms with E-state index in [4.69, 9.17) is 10.5 Å². The monoisotopic (exact) mass is 223 g/mol. The zero-order valence-corrected chi connectivity index (χ0v) is 8.84. The van der Waals surface area contributed by atoms with Crippen molar-refractivity contribution in [1.29, 1.82) is 0 Å². The first kappa shape index (κ1) is 10.9. The first-order valence-electron chi connectivity index (χ1n) is 5.18. The van der Waals surface area contributed by atoms with Gasteiger partial charge in [-0.1, -0.05) is 0 Å². The molecule has 0 saturated heterocycles. The number of rotatable bonds is 4. The maximum atomic E-state index is 13.4. The Kier molecular flexibility index (Phi) is 3.36. The van der Waals surface area contributed by atoms with E-state index < -0.39 is 0 Å². The van der Waals surface area contributed by atoms with Crippen LogP contribution in [0.15, 0.2) is 30.8 Å². The summed E-state index contributed by atoms with van der Waals surface area (Å²) in [6.45, 7) is 0.932. The van der Waals surface area contributed by atoms with Gasteiger partial charge in [0.15, 0.2) is 6.23 Å². The van der Waals surface area contributed by atoms with Gasteiger partial charge in [-0.25, -0.2) is 4.39 Å². The first-order valence-corrected chi connectivity index (χ1v) is 5.18. The summed E-state index contributed by atoms with van der Waals surface area (Å²) < 4.78 is 18.7. The number of hydrogen-bond donors (Lipinski definition) is 1. The molecule has 0 spiro atoms.